The van der Waals surface area contributed by atoms with Crippen LogP contribution < -0.4 is 10.9 Å². The highest BCUT2D eigenvalue weighted by Crippen LogP contribution is 2.63. The van der Waals surface area contributed by atoms with Gasteiger partial charge in [-0.25, -0.2) is 5.10 Å². The number of nitrogens with zero attached hydrogens (tertiary/aromatic N) is 1. The zero-order chi connectivity index (χ0) is 13.8. The molecule has 5 heteroatoms. The molecule has 2 fully saturated rings. The number of H-pyrrole nitrogens is 1. The van der Waals surface area contributed by atoms with Gasteiger partial charge in [0.1, 0.15) is 4.47 Å². The minimum absolute atomic E-state index is 0.184. The van der Waals surface area contributed by atoms with Gasteiger partial charge in [0.2, 0.25) is 0 Å². The lowest BCUT2D eigenvalue weighted by Gasteiger charge is -2.43. The minimum atomic E-state index is -0.184. The third-order valence-electron chi connectivity index (χ3n) is 5.37. The fraction of sp³-hybridized carbons (Fsp3) is 0.714. The molecule has 3 atom stereocenters. The molecule has 1 heterocycles. The van der Waals surface area contributed by atoms with Gasteiger partial charge in [0.25, 0.3) is 5.56 Å². The van der Waals surface area contributed by atoms with Gasteiger partial charge in [-0.2, -0.15) is 5.10 Å². The van der Waals surface area contributed by atoms with E-state index >= 15 is 0 Å². The quantitative estimate of drug-likeness (QED) is 0.878. The summed E-state index contributed by atoms with van der Waals surface area (Å²) in [6.07, 6.45) is 5.58. The summed E-state index contributed by atoms with van der Waals surface area (Å²) in [7, 11) is 0. The SMILES string of the molecule is CC12CCC(C1)C(C)(C)C2Nc1cn[nH]c(=O)c1Br. The van der Waals surface area contributed by atoms with Gasteiger partial charge in [0.15, 0.2) is 0 Å². The molecule has 2 bridgehead atoms. The monoisotopic (exact) mass is 325 g/mol. The number of nitrogens with one attached hydrogen (secondary N) is 2. The van der Waals surface area contributed by atoms with Crippen molar-refractivity contribution in [3.63, 3.8) is 0 Å². The Labute approximate surface area is 121 Å². The van der Waals surface area contributed by atoms with E-state index < -0.39 is 0 Å². The highest BCUT2D eigenvalue weighted by molar-refractivity contribution is 9.10. The number of anilines is 1. The normalized spacial score (nSPS) is 35.6. The second kappa shape index (κ2) is 4.08. The zero-order valence-corrected chi connectivity index (χ0v) is 13.2. The predicted molar refractivity (Wildman–Crippen MR) is 79.2 cm³/mol. The molecule has 19 heavy (non-hydrogen) atoms. The van der Waals surface area contributed by atoms with Crippen molar-refractivity contribution < 1.29 is 0 Å². The maximum Gasteiger partial charge on any atom is 0.280 e. The van der Waals surface area contributed by atoms with Crippen LogP contribution in [-0.2, 0) is 0 Å². The molecule has 2 aliphatic rings. The Bertz CT molecular complexity index is 563. The van der Waals surface area contributed by atoms with Crippen molar-refractivity contribution in [1.29, 1.82) is 0 Å². The van der Waals surface area contributed by atoms with Crippen LogP contribution in [0, 0.1) is 16.7 Å². The maximum atomic E-state index is 11.6. The summed E-state index contributed by atoms with van der Waals surface area (Å²) in [5.74, 6) is 0.781. The van der Waals surface area contributed by atoms with Gasteiger partial charge in [0, 0.05) is 6.04 Å². The van der Waals surface area contributed by atoms with E-state index in [1.54, 1.807) is 6.20 Å². The molecule has 0 spiro atoms. The summed E-state index contributed by atoms with van der Waals surface area (Å²) in [4.78, 5) is 11.6. The van der Waals surface area contributed by atoms with Gasteiger partial charge in [-0.3, -0.25) is 4.79 Å². The van der Waals surface area contributed by atoms with E-state index in [1.165, 1.54) is 19.3 Å². The molecule has 2 saturated carbocycles. The molecular formula is C14H20BrN3O. The molecular weight excluding hydrogens is 306 g/mol. The van der Waals surface area contributed by atoms with Gasteiger partial charge >= 0.3 is 0 Å². The summed E-state index contributed by atoms with van der Waals surface area (Å²) >= 11 is 3.35. The van der Waals surface area contributed by atoms with Crippen molar-refractivity contribution in [3.8, 4) is 0 Å². The molecule has 2 N–H and O–H groups in total. The highest BCUT2D eigenvalue weighted by Gasteiger charge is 2.59. The number of halogens is 1. The van der Waals surface area contributed by atoms with Gasteiger partial charge < -0.3 is 5.32 Å². The largest absolute Gasteiger partial charge is 0.379 e. The number of aromatic nitrogens is 2. The van der Waals surface area contributed by atoms with E-state index in [1.807, 2.05) is 0 Å². The molecule has 3 rings (SSSR count). The van der Waals surface area contributed by atoms with Crippen molar-refractivity contribution in [2.75, 3.05) is 5.32 Å². The average molecular weight is 326 g/mol. The van der Waals surface area contributed by atoms with E-state index in [0.29, 0.717) is 15.9 Å². The van der Waals surface area contributed by atoms with Crippen LogP contribution in [0.1, 0.15) is 40.0 Å². The van der Waals surface area contributed by atoms with E-state index in [-0.39, 0.29) is 11.0 Å². The number of hydrogen-bond acceptors (Lipinski definition) is 3. The van der Waals surface area contributed by atoms with Crippen LogP contribution in [0.4, 0.5) is 5.69 Å². The van der Waals surface area contributed by atoms with E-state index in [0.717, 1.165) is 11.6 Å². The van der Waals surface area contributed by atoms with Crippen molar-refractivity contribution in [2.45, 2.75) is 46.1 Å². The first-order chi connectivity index (χ1) is 8.84. The second-order valence-electron chi connectivity index (χ2n) is 6.92. The zero-order valence-electron chi connectivity index (χ0n) is 11.6. The molecule has 104 valence electrons. The van der Waals surface area contributed by atoms with Crippen LogP contribution in [0.2, 0.25) is 0 Å². The van der Waals surface area contributed by atoms with Gasteiger partial charge in [-0.15, -0.1) is 0 Å². The van der Waals surface area contributed by atoms with E-state index in [2.05, 4.69) is 52.2 Å². The van der Waals surface area contributed by atoms with E-state index in [4.69, 9.17) is 0 Å². The summed E-state index contributed by atoms with van der Waals surface area (Å²) in [6, 6.07) is 0.388. The van der Waals surface area contributed by atoms with Crippen LogP contribution in [-0.4, -0.2) is 16.2 Å². The summed E-state index contributed by atoms with van der Waals surface area (Å²) < 4.78 is 0.546. The maximum absolute atomic E-state index is 11.6. The Morgan fingerprint density at radius 2 is 2.21 bits per heavy atom. The number of hydrogen-bond donors (Lipinski definition) is 2. The molecule has 0 aliphatic heterocycles. The highest BCUT2D eigenvalue weighted by atomic mass is 79.9. The van der Waals surface area contributed by atoms with Crippen molar-refractivity contribution >= 4 is 21.6 Å². The van der Waals surface area contributed by atoms with Crippen molar-refractivity contribution in [3.05, 3.63) is 21.0 Å². The molecule has 1 aromatic rings. The smallest absolute Gasteiger partial charge is 0.280 e. The fourth-order valence-corrected chi connectivity index (χ4v) is 4.61. The summed E-state index contributed by atoms with van der Waals surface area (Å²) in [5.41, 5.74) is 1.21. The third-order valence-corrected chi connectivity index (χ3v) is 6.15. The molecule has 0 amide bonds. The molecule has 0 radical (unpaired) electrons. The molecule has 2 aliphatic carbocycles. The van der Waals surface area contributed by atoms with Gasteiger partial charge in [-0.1, -0.05) is 20.8 Å². The average Bonchev–Trinajstić information content (AvgIpc) is 2.81. The fourth-order valence-electron chi connectivity index (χ4n) is 4.30. The van der Waals surface area contributed by atoms with Gasteiger partial charge in [0.05, 0.1) is 11.9 Å². The molecule has 4 nitrogen and oxygen atoms in total. The third kappa shape index (κ3) is 1.85. The number of aromatic amines is 1. The molecule has 0 aromatic carbocycles. The Kier molecular flexibility index (Phi) is 2.82. The van der Waals surface area contributed by atoms with Crippen LogP contribution in [0.25, 0.3) is 0 Å². The van der Waals surface area contributed by atoms with Crippen LogP contribution in [0.5, 0.6) is 0 Å². The van der Waals surface area contributed by atoms with Gasteiger partial charge in [-0.05, 0) is 51.9 Å². The minimum Gasteiger partial charge on any atom is -0.379 e. The standard InChI is InChI=1S/C14H20BrN3O/c1-13(2)8-4-5-14(3,6-8)12(13)17-9-7-16-18-11(19)10(9)15/h7-8,12H,4-6H2,1-3H3,(H2,17,18,19). The lowest BCUT2D eigenvalue weighted by Crippen LogP contribution is -2.46. The van der Waals surface area contributed by atoms with Crippen LogP contribution in [0.3, 0.4) is 0 Å². The van der Waals surface area contributed by atoms with Crippen LogP contribution >= 0.6 is 15.9 Å². The van der Waals surface area contributed by atoms with Crippen LogP contribution in [0.15, 0.2) is 15.5 Å². The van der Waals surface area contributed by atoms with Crippen molar-refractivity contribution in [2.24, 2.45) is 16.7 Å². The molecule has 0 saturated heterocycles. The Hall–Kier alpha value is -0.840. The number of rotatable bonds is 2. The predicted octanol–water partition coefficient (Wildman–Crippen LogP) is 3.16. The first-order valence-electron chi connectivity index (χ1n) is 6.84. The Balaban J connectivity index is 1.95. The lowest BCUT2D eigenvalue weighted by molar-refractivity contribution is 0.155. The summed E-state index contributed by atoms with van der Waals surface area (Å²) in [6.45, 7) is 7.05. The van der Waals surface area contributed by atoms with Crippen molar-refractivity contribution in [1.82, 2.24) is 10.2 Å². The molecule has 1 aromatic heterocycles. The second-order valence-corrected chi connectivity index (χ2v) is 7.71. The Morgan fingerprint density at radius 3 is 2.84 bits per heavy atom. The number of fused-ring (bicyclic) bond motifs is 2. The lowest BCUT2D eigenvalue weighted by atomic mass is 9.68. The molecule has 3 unspecified atom stereocenters. The first kappa shape index (κ1) is 13.2. The Morgan fingerprint density at radius 1 is 1.47 bits per heavy atom. The van der Waals surface area contributed by atoms with E-state index in [9.17, 15) is 4.79 Å². The summed E-state index contributed by atoms with van der Waals surface area (Å²) in [5, 5.41) is 9.91. The topological polar surface area (TPSA) is 57.8 Å². The first-order valence-corrected chi connectivity index (χ1v) is 7.63.